The summed E-state index contributed by atoms with van der Waals surface area (Å²) in [4.78, 5) is 16.2. The van der Waals surface area contributed by atoms with Crippen molar-refractivity contribution in [1.82, 2.24) is 4.98 Å². The van der Waals surface area contributed by atoms with E-state index in [1.165, 1.54) is 0 Å². The molecular weight excluding hydrogens is 230 g/mol. The molecule has 1 unspecified atom stereocenters. The quantitative estimate of drug-likeness (QED) is 0.764. The van der Waals surface area contributed by atoms with Gasteiger partial charge in [-0.2, -0.15) is 0 Å². The second kappa shape index (κ2) is 4.44. The minimum atomic E-state index is -0.503. The number of oxazole rings is 1. The Bertz CT molecular complexity index is 533. The molecule has 4 nitrogen and oxygen atoms in total. The molecule has 4 heteroatoms. The van der Waals surface area contributed by atoms with E-state index in [-0.39, 0.29) is 5.97 Å². The Labute approximate surface area is 106 Å². The lowest BCUT2D eigenvalue weighted by molar-refractivity contribution is -0.156. The molecule has 1 aromatic carbocycles. The Balaban J connectivity index is 2.23. The first kappa shape index (κ1) is 12.6. The molecule has 0 aliphatic heterocycles. The lowest BCUT2D eigenvalue weighted by Gasteiger charge is -2.21. The van der Waals surface area contributed by atoms with Gasteiger partial charge in [-0.3, -0.25) is 4.79 Å². The van der Waals surface area contributed by atoms with Crippen molar-refractivity contribution >= 4 is 17.1 Å². The van der Waals surface area contributed by atoms with E-state index in [2.05, 4.69) is 4.98 Å². The van der Waals surface area contributed by atoms with E-state index in [9.17, 15) is 4.79 Å². The summed E-state index contributed by atoms with van der Waals surface area (Å²) in [5.74, 6) is -0.434. The van der Waals surface area contributed by atoms with Crippen molar-refractivity contribution in [3.8, 4) is 0 Å². The molecule has 2 rings (SSSR count). The van der Waals surface area contributed by atoms with E-state index in [0.29, 0.717) is 11.5 Å². The number of fused-ring (bicyclic) bond motifs is 1. The van der Waals surface area contributed by atoms with Gasteiger partial charge in [-0.05, 0) is 39.8 Å². The van der Waals surface area contributed by atoms with Crippen LogP contribution in [0.1, 0.15) is 39.5 Å². The van der Waals surface area contributed by atoms with Gasteiger partial charge >= 0.3 is 5.97 Å². The van der Waals surface area contributed by atoms with Crippen LogP contribution in [-0.4, -0.2) is 16.6 Å². The molecule has 0 saturated carbocycles. The van der Waals surface area contributed by atoms with Gasteiger partial charge in [0.15, 0.2) is 5.58 Å². The fourth-order valence-electron chi connectivity index (χ4n) is 1.57. The molecule has 1 atom stereocenters. The largest absolute Gasteiger partial charge is 0.459 e. The molecular formula is C14H17NO3. The van der Waals surface area contributed by atoms with Crippen molar-refractivity contribution < 1.29 is 13.9 Å². The summed E-state index contributed by atoms with van der Waals surface area (Å²) in [6, 6.07) is 7.43. The second-order valence-electron chi connectivity index (χ2n) is 5.27. The molecule has 18 heavy (non-hydrogen) atoms. The highest BCUT2D eigenvalue weighted by molar-refractivity contribution is 5.79. The number of para-hydroxylation sites is 2. The first-order chi connectivity index (χ1) is 8.37. The Morgan fingerprint density at radius 3 is 2.61 bits per heavy atom. The minimum absolute atomic E-state index is 0.325. The number of hydrogen-bond acceptors (Lipinski definition) is 4. The van der Waals surface area contributed by atoms with Crippen LogP contribution in [0.2, 0.25) is 0 Å². The van der Waals surface area contributed by atoms with Crippen LogP contribution < -0.4 is 0 Å². The number of carbonyl (C=O) groups is 1. The number of ether oxygens (including phenoxy) is 1. The highest BCUT2D eigenvalue weighted by Crippen LogP contribution is 2.23. The predicted molar refractivity (Wildman–Crippen MR) is 68.3 cm³/mol. The Morgan fingerprint density at radius 2 is 2.00 bits per heavy atom. The van der Waals surface area contributed by atoms with E-state index in [1.54, 1.807) is 6.92 Å². The summed E-state index contributed by atoms with van der Waals surface area (Å²) < 4.78 is 10.9. The van der Waals surface area contributed by atoms with E-state index in [1.807, 2.05) is 45.0 Å². The number of rotatable bonds is 2. The minimum Gasteiger partial charge on any atom is -0.459 e. The SMILES string of the molecule is CC(C(=O)OC(C)(C)C)c1nc2ccccc2o1. The number of esters is 1. The van der Waals surface area contributed by atoms with Crippen LogP contribution in [0.5, 0.6) is 0 Å². The molecule has 0 N–H and O–H groups in total. The van der Waals surface area contributed by atoms with Crippen molar-refractivity contribution in [2.45, 2.75) is 39.2 Å². The molecule has 0 bridgehead atoms. The van der Waals surface area contributed by atoms with Gasteiger partial charge < -0.3 is 9.15 Å². The lowest BCUT2D eigenvalue weighted by atomic mass is 10.1. The fourth-order valence-corrected chi connectivity index (χ4v) is 1.57. The van der Waals surface area contributed by atoms with E-state index < -0.39 is 11.5 Å². The highest BCUT2D eigenvalue weighted by Gasteiger charge is 2.26. The van der Waals surface area contributed by atoms with Crippen LogP contribution in [0, 0.1) is 0 Å². The van der Waals surface area contributed by atoms with Gasteiger partial charge in [0, 0.05) is 0 Å². The van der Waals surface area contributed by atoms with Crippen molar-refractivity contribution in [1.29, 1.82) is 0 Å². The van der Waals surface area contributed by atoms with Crippen LogP contribution in [-0.2, 0) is 9.53 Å². The van der Waals surface area contributed by atoms with Crippen molar-refractivity contribution in [2.24, 2.45) is 0 Å². The van der Waals surface area contributed by atoms with Crippen LogP contribution >= 0.6 is 0 Å². The zero-order valence-electron chi connectivity index (χ0n) is 11.1. The maximum absolute atomic E-state index is 11.9. The second-order valence-corrected chi connectivity index (χ2v) is 5.27. The Kier molecular flexibility index (Phi) is 3.11. The Morgan fingerprint density at radius 1 is 1.33 bits per heavy atom. The number of aromatic nitrogens is 1. The monoisotopic (exact) mass is 247 g/mol. The molecule has 2 aromatic rings. The molecule has 1 aromatic heterocycles. The van der Waals surface area contributed by atoms with Gasteiger partial charge in [0.2, 0.25) is 5.89 Å². The fraction of sp³-hybridized carbons (Fsp3) is 0.429. The summed E-state index contributed by atoms with van der Waals surface area (Å²) >= 11 is 0. The van der Waals surface area contributed by atoms with Crippen LogP contribution in [0.15, 0.2) is 28.7 Å². The third-order valence-electron chi connectivity index (χ3n) is 2.44. The summed E-state index contributed by atoms with van der Waals surface area (Å²) in [5.41, 5.74) is 0.933. The third-order valence-corrected chi connectivity index (χ3v) is 2.44. The number of carbonyl (C=O) groups excluding carboxylic acids is 1. The van der Waals surface area contributed by atoms with Gasteiger partial charge in [0.25, 0.3) is 0 Å². The van der Waals surface area contributed by atoms with Crippen LogP contribution in [0.4, 0.5) is 0 Å². The van der Waals surface area contributed by atoms with Crippen LogP contribution in [0.25, 0.3) is 11.1 Å². The van der Waals surface area contributed by atoms with E-state index in [0.717, 1.165) is 5.52 Å². The maximum Gasteiger partial charge on any atom is 0.318 e. The van der Waals surface area contributed by atoms with Crippen molar-refractivity contribution in [2.75, 3.05) is 0 Å². The molecule has 0 aliphatic rings. The number of hydrogen-bond donors (Lipinski definition) is 0. The molecule has 0 fully saturated rings. The molecule has 1 heterocycles. The number of nitrogens with zero attached hydrogens (tertiary/aromatic N) is 1. The first-order valence-corrected chi connectivity index (χ1v) is 5.95. The van der Waals surface area contributed by atoms with E-state index in [4.69, 9.17) is 9.15 Å². The first-order valence-electron chi connectivity index (χ1n) is 5.95. The van der Waals surface area contributed by atoms with Gasteiger partial charge in [-0.1, -0.05) is 12.1 Å². The molecule has 0 radical (unpaired) electrons. The van der Waals surface area contributed by atoms with Gasteiger partial charge in [0.1, 0.15) is 17.0 Å². The average Bonchev–Trinajstić information content (AvgIpc) is 2.68. The summed E-state index contributed by atoms with van der Waals surface area (Å²) in [6.45, 7) is 7.25. The summed E-state index contributed by atoms with van der Waals surface area (Å²) in [5, 5.41) is 0. The zero-order chi connectivity index (χ0) is 13.3. The van der Waals surface area contributed by atoms with Crippen molar-refractivity contribution in [3.05, 3.63) is 30.2 Å². The normalized spacial score (nSPS) is 13.6. The van der Waals surface area contributed by atoms with Gasteiger partial charge in [0.05, 0.1) is 0 Å². The standard InChI is InChI=1S/C14H17NO3/c1-9(13(16)18-14(2,3)4)12-15-10-7-5-6-8-11(10)17-12/h5-9H,1-4H3. The summed E-state index contributed by atoms with van der Waals surface area (Å²) in [7, 11) is 0. The van der Waals surface area contributed by atoms with Crippen LogP contribution in [0.3, 0.4) is 0 Å². The summed E-state index contributed by atoms with van der Waals surface area (Å²) in [6.07, 6.45) is 0. The molecule has 0 aliphatic carbocycles. The number of benzene rings is 1. The average molecular weight is 247 g/mol. The smallest absolute Gasteiger partial charge is 0.318 e. The lowest BCUT2D eigenvalue weighted by Crippen LogP contribution is -2.26. The van der Waals surface area contributed by atoms with Gasteiger partial charge in [-0.15, -0.1) is 0 Å². The molecule has 0 saturated heterocycles. The topological polar surface area (TPSA) is 52.3 Å². The van der Waals surface area contributed by atoms with Gasteiger partial charge in [-0.25, -0.2) is 4.98 Å². The highest BCUT2D eigenvalue weighted by atomic mass is 16.6. The van der Waals surface area contributed by atoms with Crippen molar-refractivity contribution in [3.63, 3.8) is 0 Å². The molecule has 96 valence electrons. The maximum atomic E-state index is 11.9. The Hall–Kier alpha value is -1.84. The molecule has 0 amide bonds. The third kappa shape index (κ3) is 2.70. The zero-order valence-corrected chi connectivity index (χ0v) is 11.1. The predicted octanol–water partition coefficient (Wildman–Crippen LogP) is 3.27. The van der Waals surface area contributed by atoms with E-state index >= 15 is 0 Å². The molecule has 0 spiro atoms.